The van der Waals surface area contributed by atoms with E-state index in [1.54, 1.807) is 37.5 Å². The Balaban J connectivity index is 1.50. The molecular weight excluding hydrogens is 581 g/mol. The number of carbonyl (C=O) groups excluding carboxylic acids is 2. The lowest BCUT2D eigenvalue weighted by Gasteiger charge is -2.66. The first kappa shape index (κ1) is 31.0. The van der Waals surface area contributed by atoms with Crippen LogP contribution in [0.4, 0.5) is 4.39 Å². The van der Waals surface area contributed by atoms with Crippen LogP contribution in [0.5, 0.6) is 5.75 Å². The largest absolute Gasteiger partial charge is 0.482 e. The van der Waals surface area contributed by atoms with Crippen molar-refractivity contribution in [3.63, 3.8) is 0 Å². The minimum absolute atomic E-state index is 0.00232. The molecule has 9 nitrogen and oxygen atoms in total. The minimum Gasteiger partial charge on any atom is -0.482 e. The van der Waals surface area contributed by atoms with E-state index in [2.05, 4.69) is 25.8 Å². The summed E-state index contributed by atoms with van der Waals surface area (Å²) in [6.45, 7) is 9.56. The highest BCUT2D eigenvalue weighted by Gasteiger charge is 2.70. The molecule has 0 bridgehead atoms. The predicted octanol–water partition coefficient (Wildman–Crippen LogP) is 5.89. The monoisotopic (exact) mass is 619 g/mol. The van der Waals surface area contributed by atoms with Crippen LogP contribution in [0.3, 0.4) is 0 Å². The van der Waals surface area contributed by atoms with Gasteiger partial charge in [0.15, 0.2) is 0 Å². The smallest absolute Gasteiger partial charge is 0.345 e. The molecule has 1 N–H and O–H groups in total. The normalized spacial score (nSPS) is 33.5. The number of fused-ring (bicyclic) bond motifs is 4. The van der Waals surface area contributed by atoms with Crippen LogP contribution in [0.25, 0.3) is 11.3 Å². The van der Waals surface area contributed by atoms with E-state index in [9.17, 15) is 23.9 Å². The van der Waals surface area contributed by atoms with Crippen molar-refractivity contribution in [2.45, 2.75) is 71.7 Å². The molecule has 3 aromatic rings. The lowest BCUT2D eigenvalue weighted by atomic mass is 9.41. The first-order valence-electron chi connectivity index (χ1n) is 15.3. The van der Waals surface area contributed by atoms with Crippen LogP contribution < -0.4 is 10.4 Å². The third-order valence-electron chi connectivity index (χ3n) is 11.0. The van der Waals surface area contributed by atoms with Gasteiger partial charge < -0.3 is 23.7 Å². The maximum atomic E-state index is 14.1. The molecule has 1 aliphatic heterocycles. The van der Waals surface area contributed by atoms with Gasteiger partial charge in [-0.3, -0.25) is 9.78 Å². The maximum absolute atomic E-state index is 14.1. The summed E-state index contributed by atoms with van der Waals surface area (Å²) in [6, 6.07) is 10.3. The van der Waals surface area contributed by atoms with E-state index in [4.69, 9.17) is 18.6 Å². The molecule has 2 aliphatic carbocycles. The van der Waals surface area contributed by atoms with Gasteiger partial charge in [-0.2, -0.15) is 0 Å². The number of hydrogen-bond acceptors (Lipinski definition) is 9. The third kappa shape index (κ3) is 5.03. The molecule has 0 radical (unpaired) electrons. The fourth-order valence-corrected chi connectivity index (χ4v) is 8.51. The van der Waals surface area contributed by atoms with Crippen molar-refractivity contribution in [3.05, 3.63) is 82.2 Å². The summed E-state index contributed by atoms with van der Waals surface area (Å²) in [6.07, 6.45) is 2.70. The van der Waals surface area contributed by atoms with Crippen molar-refractivity contribution in [3.8, 4) is 17.1 Å². The zero-order valence-corrected chi connectivity index (χ0v) is 26.0. The van der Waals surface area contributed by atoms with Crippen LogP contribution in [-0.2, 0) is 14.3 Å². The SMILES string of the molecule is CC(=O)OC[C@@]1(C)C2C[C@H](OC(=O)c3cccc(F)c3)[C@@]3(C)Oc4cc(-c5cccnc5)oc(=O)c4C(O)C3[C@@]2(C)CC[C@@H]1C. The third-order valence-corrected chi connectivity index (χ3v) is 11.0. The molecule has 2 aromatic heterocycles. The molecule has 10 heteroatoms. The number of nitrogens with zero attached hydrogens (tertiary/aromatic N) is 1. The standard InChI is InChI=1S/C35H38FNO8/c1-19-11-12-33(3)26(34(19,4)18-42-20(2)38)16-27(44-31(40)21-8-6-10-23(36)14-21)35(5)30(33)29(39)28-25(45-35)15-24(43-32(28)41)22-9-7-13-37-17-22/h6-10,13-15,17,19,26-27,29-30,39H,11-12,16,18H2,1-5H3/t19-,26?,27-,29?,30?,33-,34+,35+/m0/s1. The van der Waals surface area contributed by atoms with Gasteiger partial charge in [-0.15, -0.1) is 0 Å². The van der Waals surface area contributed by atoms with Crippen molar-refractivity contribution < 1.29 is 37.7 Å². The van der Waals surface area contributed by atoms with Gasteiger partial charge in [0.05, 0.1) is 18.3 Å². The van der Waals surface area contributed by atoms with Crippen LogP contribution in [-0.4, -0.2) is 40.3 Å². The Kier molecular flexibility index (Phi) is 7.62. The summed E-state index contributed by atoms with van der Waals surface area (Å²) in [4.78, 5) is 43.2. The number of aliphatic hydroxyl groups excluding tert-OH is 1. The van der Waals surface area contributed by atoms with Gasteiger partial charge in [0, 0.05) is 42.3 Å². The van der Waals surface area contributed by atoms with E-state index in [0.29, 0.717) is 18.4 Å². The van der Waals surface area contributed by atoms with E-state index in [0.717, 1.165) is 12.5 Å². The van der Waals surface area contributed by atoms with E-state index >= 15 is 0 Å². The molecule has 2 saturated carbocycles. The Hall–Kier alpha value is -4.05. The highest BCUT2D eigenvalue weighted by molar-refractivity contribution is 5.89. The average molecular weight is 620 g/mol. The summed E-state index contributed by atoms with van der Waals surface area (Å²) < 4.78 is 38.3. The summed E-state index contributed by atoms with van der Waals surface area (Å²) in [5.41, 5.74) is -2.63. The van der Waals surface area contributed by atoms with Gasteiger partial charge in [0.2, 0.25) is 0 Å². The van der Waals surface area contributed by atoms with Crippen LogP contribution in [0.2, 0.25) is 0 Å². The van der Waals surface area contributed by atoms with Gasteiger partial charge in [-0.25, -0.2) is 14.0 Å². The summed E-state index contributed by atoms with van der Waals surface area (Å²) in [5.74, 6) is -2.18. The molecule has 6 rings (SSSR count). The number of esters is 2. The Labute approximate surface area is 260 Å². The predicted molar refractivity (Wildman–Crippen MR) is 161 cm³/mol. The van der Waals surface area contributed by atoms with Gasteiger partial charge in [-0.05, 0) is 73.8 Å². The van der Waals surface area contributed by atoms with Gasteiger partial charge in [-0.1, -0.05) is 26.8 Å². The zero-order chi connectivity index (χ0) is 32.3. The second-order valence-electron chi connectivity index (χ2n) is 13.6. The fraction of sp³-hybridized carbons (Fsp3) is 0.486. The van der Waals surface area contributed by atoms with Crippen molar-refractivity contribution in [1.82, 2.24) is 4.98 Å². The molecule has 8 atom stereocenters. The molecule has 3 unspecified atom stereocenters. The molecule has 0 spiro atoms. The molecule has 0 amide bonds. The van der Waals surface area contributed by atoms with Crippen molar-refractivity contribution in [2.24, 2.45) is 28.6 Å². The van der Waals surface area contributed by atoms with Crippen molar-refractivity contribution >= 4 is 11.9 Å². The molecule has 45 heavy (non-hydrogen) atoms. The number of aliphatic hydroxyl groups is 1. The number of hydrogen-bond donors (Lipinski definition) is 1. The topological polar surface area (TPSA) is 125 Å². The Morgan fingerprint density at radius 2 is 1.93 bits per heavy atom. The molecule has 3 heterocycles. The van der Waals surface area contributed by atoms with Crippen LogP contribution in [0, 0.1) is 34.4 Å². The molecule has 1 aromatic carbocycles. The van der Waals surface area contributed by atoms with Gasteiger partial charge in [0.25, 0.3) is 0 Å². The van der Waals surface area contributed by atoms with E-state index < -0.39 is 57.9 Å². The van der Waals surface area contributed by atoms with E-state index in [1.165, 1.54) is 25.1 Å². The van der Waals surface area contributed by atoms with Gasteiger partial charge >= 0.3 is 17.6 Å². The maximum Gasteiger partial charge on any atom is 0.345 e. The van der Waals surface area contributed by atoms with Crippen molar-refractivity contribution in [2.75, 3.05) is 6.61 Å². The molecule has 2 fully saturated rings. The number of benzene rings is 1. The highest BCUT2D eigenvalue weighted by Crippen LogP contribution is 2.68. The number of halogens is 1. The Morgan fingerprint density at radius 3 is 2.62 bits per heavy atom. The molecular formula is C35H38FNO8. The number of aromatic nitrogens is 1. The van der Waals surface area contributed by atoms with E-state index in [1.807, 2.05) is 0 Å². The summed E-state index contributed by atoms with van der Waals surface area (Å²) in [7, 11) is 0. The Bertz CT molecular complexity index is 1690. The number of pyridine rings is 1. The molecule has 238 valence electrons. The zero-order valence-electron chi connectivity index (χ0n) is 26.0. The van der Waals surface area contributed by atoms with E-state index in [-0.39, 0.29) is 41.1 Å². The van der Waals surface area contributed by atoms with Crippen molar-refractivity contribution in [1.29, 1.82) is 0 Å². The summed E-state index contributed by atoms with van der Waals surface area (Å²) in [5, 5.41) is 12.2. The van der Waals surface area contributed by atoms with Crippen LogP contribution in [0.1, 0.15) is 75.9 Å². The quantitative estimate of drug-likeness (QED) is 0.348. The lowest BCUT2D eigenvalue weighted by molar-refractivity contribution is -0.257. The fourth-order valence-electron chi connectivity index (χ4n) is 8.51. The van der Waals surface area contributed by atoms with Crippen LogP contribution >= 0.6 is 0 Å². The van der Waals surface area contributed by atoms with Crippen LogP contribution in [0.15, 0.2) is 64.1 Å². The Morgan fingerprint density at radius 1 is 1.16 bits per heavy atom. The number of rotatable bonds is 5. The second kappa shape index (κ2) is 11.1. The lowest BCUT2D eigenvalue weighted by Crippen LogP contribution is -2.70. The summed E-state index contributed by atoms with van der Waals surface area (Å²) >= 11 is 0. The first-order valence-corrected chi connectivity index (χ1v) is 15.3. The average Bonchev–Trinajstić information content (AvgIpc) is 2.99. The molecule has 3 aliphatic rings. The van der Waals surface area contributed by atoms with Gasteiger partial charge in [0.1, 0.15) is 34.6 Å². The number of ether oxygens (including phenoxy) is 3. The first-order chi connectivity index (χ1) is 21.3. The second-order valence-corrected chi connectivity index (χ2v) is 13.6. The highest BCUT2D eigenvalue weighted by atomic mass is 19.1. The minimum atomic E-state index is -1.33. The molecule has 0 saturated heterocycles. The number of carbonyl (C=O) groups is 2.